The van der Waals surface area contributed by atoms with Crippen molar-refractivity contribution in [2.75, 3.05) is 19.6 Å². The normalized spacial score (nSPS) is 29.0. The minimum atomic E-state index is -0.0909. The number of nitrogens with zero attached hydrogens (tertiary/aromatic N) is 1. The molecule has 2 heteroatoms. The second-order valence-corrected chi connectivity index (χ2v) is 7.65. The van der Waals surface area contributed by atoms with Crippen molar-refractivity contribution in [3.63, 3.8) is 0 Å². The van der Waals surface area contributed by atoms with Crippen LogP contribution in [0.3, 0.4) is 0 Å². The van der Waals surface area contributed by atoms with Crippen molar-refractivity contribution >= 4 is 0 Å². The van der Waals surface area contributed by atoms with Crippen LogP contribution in [0.25, 0.3) is 0 Å². The second kappa shape index (κ2) is 5.92. The van der Waals surface area contributed by atoms with Crippen LogP contribution in [0.15, 0.2) is 0 Å². The van der Waals surface area contributed by atoms with Gasteiger partial charge in [-0.2, -0.15) is 0 Å². The van der Waals surface area contributed by atoms with E-state index in [0.29, 0.717) is 5.41 Å². The van der Waals surface area contributed by atoms with E-state index in [-0.39, 0.29) is 6.10 Å². The zero-order chi connectivity index (χ0) is 13.2. The molecule has 1 saturated heterocycles. The van der Waals surface area contributed by atoms with Crippen molar-refractivity contribution < 1.29 is 5.11 Å². The predicted molar refractivity (Wildman–Crippen MR) is 76.6 cm³/mol. The monoisotopic (exact) mass is 253 g/mol. The van der Waals surface area contributed by atoms with E-state index in [1.54, 1.807) is 0 Å². The molecule has 0 aromatic carbocycles. The molecule has 1 aliphatic heterocycles. The lowest BCUT2D eigenvalue weighted by molar-refractivity contribution is 0.0962. The molecule has 0 bridgehead atoms. The number of aliphatic hydroxyl groups excluding tert-OH is 1. The van der Waals surface area contributed by atoms with Crippen LogP contribution in [0.5, 0.6) is 0 Å². The Morgan fingerprint density at radius 1 is 1.17 bits per heavy atom. The lowest BCUT2D eigenvalue weighted by atomic mass is 9.80. The van der Waals surface area contributed by atoms with Crippen LogP contribution in [0, 0.1) is 17.3 Å². The van der Waals surface area contributed by atoms with Crippen molar-refractivity contribution in [1.29, 1.82) is 0 Å². The fourth-order valence-electron chi connectivity index (χ4n) is 3.71. The summed E-state index contributed by atoms with van der Waals surface area (Å²) in [6, 6.07) is 0. The second-order valence-electron chi connectivity index (χ2n) is 7.65. The van der Waals surface area contributed by atoms with Gasteiger partial charge in [0.25, 0.3) is 0 Å². The molecular formula is C16H31NO. The summed E-state index contributed by atoms with van der Waals surface area (Å²) in [6.45, 7) is 10.3. The average molecular weight is 253 g/mol. The molecule has 0 spiro atoms. The zero-order valence-electron chi connectivity index (χ0n) is 12.5. The molecule has 2 atom stereocenters. The molecule has 1 aliphatic carbocycles. The van der Waals surface area contributed by atoms with E-state index >= 15 is 0 Å². The van der Waals surface area contributed by atoms with E-state index < -0.39 is 0 Å². The molecule has 106 valence electrons. The summed E-state index contributed by atoms with van der Waals surface area (Å²) < 4.78 is 0. The molecule has 1 N–H and O–H groups in total. The Kier molecular flexibility index (Phi) is 4.71. The Morgan fingerprint density at radius 3 is 2.39 bits per heavy atom. The van der Waals surface area contributed by atoms with Gasteiger partial charge < -0.3 is 10.0 Å². The number of likely N-dealkylation sites (tertiary alicyclic amines) is 1. The van der Waals surface area contributed by atoms with Crippen molar-refractivity contribution in [1.82, 2.24) is 4.90 Å². The third-order valence-electron chi connectivity index (χ3n) is 5.05. The highest BCUT2D eigenvalue weighted by molar-refractivity contribution is 4.85. The first-order valence-corrected chi connectivity index (χ1v) is 7.85. The Balaban J connectivity index is 1.70. The Morgan fingerprint density at radius 2 is 1.83 bits per heavy atom. The molecule has 1 heterocycles. The molecule has 0 aromatic heterocycles. The summed E-state index contributed by atoms with van der Waals surface area (Å²) in [7, 11) is 0. The van der Waals surface area contributed by atoms with Crippen LogP contribution < -0.4 is 0 Å². The van der Waals surface area contributed by atoms with Crippen molar-refractivity contribution in [3.05, 3.63) is 0 Å². The number of β-amino-alcohol motifs (C(OH)–C–C–N with tert-alkyl or cyclic N) is 1. The molecule has 0 amide bonds. The first-order valence-electron chi connectivity index (χ1n) is 7.85. The lowest BCUT2D eigenvalue weighted by Crippen LogP contribution is -2.33. The topological polar surface area (TPSA) is 23.5 Å². The van der Waals surface area contributed by atoms with Gasteiger partial charge in [0.15, 0.2) is 0 Å². The van der Waals surface area contributed by atoms with Crippen LogP contribution >= 0.6 is 0 Å². The lowest BCUT2D eigenvalue weighted by Gasteiger charge is -2.28. The molecule has 18 heavy (non-hydrogen) atoms. The van der Waals surface area contributed by atoms with E-state index in [2.05, 4.69) is 25.7 Å². The SMILES string of the molecule is CC(C)(C)C1CCN(CC(O)CC2CCCC2)C1. The molecule has 2 unspecified atom stereocenters. The summed E-state index contributed by atoms with van der Waals surface area (Å²) in [5.74, 6) is 1.61. The van der Waals surface area contributed by atoms with Crippen LogP contribution in [-0.4, -0.2) is 35.7 Å². The maximum absolute atomic E-state index is 10.2. The van der Waals surface area contributed by atoms with Gasteiger partial charge >= 0.3 is 0 Å². The van der Waals surface area contributed by atoms with Gasteiger partial charge in [0.05, 0.1) is 6.10 Å². The Hall–Kier alpha value is -0.0800. The molecule has 0 aromatic rings. The predicted octanol–water partition coefficient (Wildman–Crippen LogP) is 3.30. The van der Waals surface area contributed by atoms with Crippen LogP contribution in [0.2, 0.25) is 0 Å². The van der Waals surface area contributed by atoms with E-state index in [9.17, 15) is 5.11 Å². The average Bonchev–Trinajstić information content (AvgIpc) is 2.87. The van der Waals surface area contributed by atoms with E-state index in [4.69, 9.17) is 0 Å². The summed E-state index contributed by atoms with van der Waals surface area (Å²) in [5.41, 5.74) is 0.422. The van der Waals surface area contributed by atoms with Crippen LogP contribution in [-0.2, 0) is 0 Å². The summed E-state index contributed by atoms with van der Waals surface area (Å²) in [6.07, 6.45) is 7.71. The maximum Gasteiger partial charge on any atom is 0.0669 e. The van der Waals surface area contributed by atoms with Crippen LogP contribution in [0.1, 0.15) is 59.3 Å². The highest BCUT2D eigenvalue weighted by atomic mass is 16.3. The first kappa shape index (κ1) is 14.3. The molecule has 2 nitrogen and oxygen atoms in total. The number of aliphatic hydroxyl groups is 1. The quantitative estimate of drug-likeness (QED) is 0.831. The van der Waals surface area contributed by atoms with Crippen molar-refractivity contribution in [2.45, 2.75) is 65.4 Å². The number of hydrogen-bond acceptors (Lipinski definition) is 2. The zero-order valence-corrected chi connectivity index (χ0v) is 12.5. The smallest absolute Gasteiger partial charge is 0.0669 e. The fraction of sp³-hybridized carbons (Fsp3) is 1.00. The van der Waals surface area contributed by atoms with E-state index in [1.807, 2.05) is 0 Å². The van der Waals surface area contributed by atoms with Gasteiger partial charge in [-0.25, -0.2) is 0 Å². The third-order valence-corrected chi connectivity index (χ3v) is 5.05. The van der Waals surface area contributed by atoms with Gasteiger partial charge in [-0.3, -0.25) is 0 Å². The van der Waals surface area contributed by atoms with Gasteiger partial charge in [-0.05, 0) is 36.6 Å². The molecular weight excluding hydrogens is 222 g/mol. The molecule has 2 aliphatic rings. The summed E-state index contributed by atoms with van der Waals surface area (Å²) in [5, 5.41) is 10.2. The highest BCUT2D eigenvalue weighted by Gasteiger charge is 2.32. The molecule has 2 rings (SSSR count). The first-order chi connectivity index (χ1) is 8.45. The van der Waals surface area contributed by atoms with Crippen molar-refractivity contribution in [2.24, 2.45) is 17.3 Å². The highest BCUT2D eigenvalue weighted by Crippen LogP contribution is 2.34. The maximum atomic E-state index is 10.2. The standard InChI is InChI=1S/C16H31NO/c1-16(2,3)14-8-9-17(11-14)12-15(18)10-13-6-4-5-7-13/h13-15,18H,4-12H2,1-3H3. The van der Waals surface area contributed by atoms with Gasteiger partial charge in [0.2, 0.25) is 0 Å². The van der Waals surface area contributed by atoms with E-state index in [1.165, 1.54) is 45.2 Å². The van der Waals surface area contributed by atoms with Gasteiger partial charge in [0.1, 0.15) is 0 Å². The third kappa shape index (κ3) is 3.96. The number of hydrogen-bond donors (Lipinski definition) is 1. The van der Waals surface area contributed by atoms with E-state index in [0.717, 1.165) is 24.8 Å². The molecule has 1 saturated carbocycles. The minimum absolute atomic E-state index is 0.0909. The largest absolute Gasteiger partial charge is 0.392 e. The van der Waals surface area contributed by atoms with Gasteiger partial charge in [-0.15, -0.1) is 0 Å². The Bertz CT molecular complexity index is 252. The Labute approximate surface area is 113 Å². The van der Waals surface area contributed by atoms with Gasteiger partial charge in [0, 0.05) is 13.1 Å². The number of rotatable bonds is 4. The van der Waals surface area contributed by atoms with Crippen LogP contribution in [0.4, 0.5) is 0 Å². The molecule has 2 fully saturated rings. The van der Waals surface area contributed by atoms with Gasteiger partial charge in [-0.1, -0.05) is 46.5 Å². The summed E-state index contributed by atoms with van der Waals surface area (Å²) in [4.78, 5) is 2.48. The minimum Gasteiger partial charge on any atom is -0.392 e. The fourth-order valence-corrected chi connectivity index (χ4v) is 3.71. The van der Waals surface area contributed by atoms with Crippen molar-refractivity contribution in [3.8, 4) is 0 Å². The summed E-state index contributed by atoms with van der Waals surface area (Å²) >= 11 is 0. The molecule has 0 radical (unpaired) electrons.